The van der Waals surface area contributed by atoms with E-state index in [1.807, 2.05) is 0 Å². The molecule has 10 heteroatoms. The van der Waals surface area contributed by atoms with Gasteiger partial charge in [0.25, 0.3) is 11.8 Å². The molecule has 0 saturated heterocycles. The summed E-state index contributed by atoms with van der Waals surface area (Å²) in [7, 11) is -4.05. The molecule has 0 bridgehead atoms. The van der Waals surface area contributed by atoms with Crippen molar-refractivity contribution in [2.75, 3.05) is 10.7 Å². The molecule has 2 amide bonds. The summed E-state index contributed by atoms with van der Waals surface area (Å²) < 4.78 is 26.2. The Morgan fingerprint density at radius 2 is 1.66 bits per heavy atom. The highest BCUT2D eigenvalue weighted by atomic mass is 35.5. The van der Waals surface area contributed by atoms with Gasteiger partial charge >= 0.3 is 5.97 Å². The summed E-state index contributed by atoms with van der Waals surface area (Å²) in [5.74, 6) is -2.87. The Kier molecular flexibility index (Phi) is 5.53. The van der Waals surface area contributed by atoms with Crippen LogP contribution >= 0.6 is 11.6 Å². The number of pyridine rings is 1. The van der Waals surface area contributed by atoms with Gasteiger partial charge in [0.05, 0.1) is 28.1 Å². The number of carboxylic acid groups (broad SMARTS) is 1. The van der Waals surface area contributed by atoms with Crippen molar-refractivity contribution in [1.82, 2.24) is 4.98 Å². The maximum absolute atomic E-state index is 13.1. The van der Waals surface area contributed by atoms with E-state index in [1.165, 1.54) is 48.7 Å². The molecule has 1 aliphatic heterocycles. The minimum atomic E-state index is -4.05. The van der Waals surface area contributed by atoms with E-state index in [9.17, 15) is 22.8 Å². The molecular formula is C22H15ClN2O6S. The number of hydrogen-bond donors (Lipinski definition) is 1. The number of carbonyl (C=O) groups excluding carboxylic acids is 2. The number of amides is 2. The monoisotopic (exact) mass is 470 g/mol. The number of sulfone groups is 1. The van der Waals surface area contributed by atoms with Gasteiger partial charge in [-0.05, 0) is 54.4 Å². The predicted molar refractivity (Wildman–Crippen MR) is 116 cm³/mol. The van der Waals surface area contributed by atoms with E-state index in [0.29, 0.717) is 5.56 Å². The van der Waals surface area contributed by atoms with Crippen LogP contribution in [0.2, 0.25) is 5.02 Å². The first-order valence-corrected chi connectivity index (χ1v) is 11.4. The summed E-state index contributed by atoms with van der Waals surface area (Å²) in [5, 5.41) is 8.93. The van der Waals surface area contributed by atoms with E-state index in [4.69, 9.17) is 16.7 Å². The largest absolute Gasteiger partial charge is 0.478 e. The number of anilines is 1. The zero-order chi connectivity index (χ0) is 23.0. The van der Waals surface area contributed by atoms with Crippen LogP contribution in [0.5, 0.6) is 0 Å². The fourth-order valence-corrected chi connectivity index (χ4v) is 5.12. The number of aryl methyl sites for hydroxylation is 1. The molecule has 0 spiro atoms. The Morgan fingerprint density at radius 3 is 2.28 bits per heavy atom. The van der Waals surface area contributed by atoms with Gasteiger partial charge in [-0.2, -0.15) is 0 Å². The van der Waals surface area contributed by atoms with E-state index in [1.54, 1.807) is 12.1 Å². The molecule has 0 saturated carbocycles. The average molecular weight is 471 g/mol. The number of aromatic carboxylic acids is 1. The molecule has 8 nitrogen and oxygen atoms in total. The second-order valence-electron chi connectivity index (χ2n) is 7.04. The van der Waals surface area contributed by atoms with Crippen LogP contribution in [0.3, 0.4) is 0 Å². The van der Waals surface area contributed by atoms with Crippen molar-refractivity contribution >= 4 is 44.9 Å². The molecule has 1 N–H and O–H groups in total. The van der Waals surface area contributed by atoms with Gasteiger partial charge < -0.3 is 5.11 Å². The number of nitrogens with zero attached hydrogens (tertiary/aromatic N) is 2. The zero-order valence-corrected chi connectivity index (χ0v) is 17.9. The lowest BCUT2D eigenvalue weighted by Crippen LogP contribution is -2.31. The van der Waals surface area contributed by atoms with Crippen LogP contribution in [-0.2, 0) is 16.3 Å². The highest BCUT2D eigenvalue weighted by Crippen LogP contribution is 2.32. The summed E-state index contributed by atoms with van der Waals surface area (Å²) in [4.78, 5) is 41.6. The molecule has 3 aromatic rings. The van der Waals surface area contributed by atoms with E-state index in [2.05, 4.69) is 4.98 Å². The van der Waals surface area contributed by atoms with E-state index < -0.39 is 38.4 Å². The Labute approximate surface area is 188 Å². The van der Waals surface area contributed by atoms with E-state index in [0.717, 1.165) is 4.90 Å². The van der Waals surface area contributed by atoms with Crippen molar-refractivity contribution in [2.45, 2.75) is 11.4 Å². The highest BCUT2D eigenvalue weighted by molar-refractivity contribution is 7.91. The van der Waals surface area contributed by atoms with Crippen LogP contribution in [0.25, 0.3) is 0 Å². The van der Waals surface area contributed by atoms with Gasteiger partial charge in [0, 0.05) is 11.2 Å². The lowest BCUT2D eigenvalue weighted by Gasteiger charge is -2.17. The topological polar surface area (TPSA) is 122 Å². The summed E-state index contributed by atoms with van der Waals surface area (Å²) in [6, 6.07) is 13.1. The van der Waals surface area contributed by atoms with E-state index >= 15 is 0 Å². The standard InChI is InChI=1S/C22H15ClN2O6S/c23-15-11-13(10-14(12-15)22(28)29)7-9-32(30,31)19-18(6-3-8-24-19)25-20(26)16-4-1-2-5-17(16)21(25)27/h1-6,8,10-12H,7,9H2,(H,28,29). The molecular weight excluding hydrogens is 456 g/mol. The quantitative estimate of drug-likeness (QED) is 0.548. The number of rotatable bonds is 6. The second kappa shape index (κ2) is 8.18. The Bertz CT molecular complexity index is 1350. The third-order valence-corrected chi connectivity index (χ3v) is 6.81. The number of carbonyl (C=O) groups is 3. The maximum Gasteiger partial charge on any atom is 0.335 e. The number of benzene rings is 2. The van der Waals surface area contributed by atoms with Crippen LogP contribution in [0.1, 0.15) is 36.6 Å². The first-order chi connectivity index (χ1) is 15.2. The van der Waals surface area contributed by atoms with Gasteiger partial charge in [0.2, 0.25) is 0 Å². The first kappa shape index (κ1) is 21.7. The minimum absolute atomic E-state index is 0.0404. The number of aromatic nitrogens is 1. The molecule has 1 aliphatic rings. The number of carboxylic acids is 1. The fraction of sp³-hybridized carbons (Fsp3) is 0.0909. The summed E-state index contributed by atoms with van der Waals surface area (Å²) in [5.41, 5.74) is 0.594. The Hall–Kier alpha value is -3.56. The van der Waals surface area contributed by atoms with Gasteiger partial charge in [-0.25, -0.2) is 23.1 Å². The van der Waals surface area contributed by atoms with Crippen molar-refractivity contribution < 1.29 is 27.9 Å². The molecule has 4 rings (SSSR count). The second-order valence-corrected chi connectivity index (χ2v) is 9.50. The summed E-state index contributed by atoms with van der Waals surface area (Å²) in [6.07, 6.45) is 1.22. The smallest absolute Gasteiger partial charge is 0.335 e. The third-order valence-electron chi connectivity index (χ3n) is 4.94. The number of hydrogen-bond acceptors (Lipinski definition) is 6. The summed E-state index contributed by atoms with van der Waals surface area (Å²) in [6.45, 7) is 0. The highest BCUT2D eigenvalue weighted by Gasteiger charge is 2.39. The van der Waals surface area contributed by atoms with Crippen LogP contribution < -0.4 is 4.90 Å². The van der Waals surface area contributed by atoms with E-state index in [-0.39, 0.29) is 33.8 Å². The number of imide groups is 1. The van der Waals surface area contributed by atoms with Crippen LogP contribution in [0, 0.1) is 0 Å². The third kappa shape index (κ3) is 3.88. The van der Waals surface area contributed by atoms with Crippen molar-refractivity contribution in [1.29, 1.82) is 0 Å². The first-order valence-electron chi connectivity index (χ1n) is 9.37. The normalized spacial score (nSPS) is 13.3. The van der Waals surface area contributed by atoms with Gasteiger partial charge in [-0.3, -0.25) is 9.59 Å². The Balaban J connectivity index is 1.67. The maximum atomic E-state index is 13.1. The van der Waals surface area contributed by atoms with Gasteiger partial charge in [-0.15, -0.1) is 0 Å². The zero-order valence-electron chi connectivity index (χ0n) is 16.4. The molecule has 1 aromatic heterocycles. The van der Waals surface area contributed by atoms with Crippen molar-refractivity contribution in [3.8, 4) is 0 Å². The van der Waals surface area contributed by atoms with Crippen LogP contribution in [0.4, 0.5) is 5.69 Å². The van der Waals surface area contributed by atoms with Crippen LogP contribution in [0.15, 0.2) is 65.8 Å². The Morgan fingerprint density at radius 1 is 1.00 bits per heavy atom. The molecule has 0 aliphatic carbocycles. The van der Waals surface area contributed by atoms with Crippen LogP contribution in [-0.4, -0.2) is 42.0 Å². The number of halogens is 1. The predicted octanol–water partition coefficient (Wildman–Crippen LogP) is 3.25. The molecule has 0 atom stereocenters. The molecule has 162 valence electrons. The molecule has 2 heterocycles. The van der Waals surface area contributed by atoms with Crippen molar-refractivity contribution in [3.63, 3.8) is 0 Å². The molecule has 2 aromatic carbocycles. The van der Waals surface area contributed by atoms with Crippen molar-refractivity contribution in [2.24, 2.45) is 0 Å². The van der Waals surface area contributed by atoms with Gasteiger partial charge in [-0.1, -0.05) is 23.7 Å². The lowest BCUT2D eigenvalue weighted by atomic mass is 10.1. The summed E-state index contributed by atoms with van der Waals surface area (Å²) >= 11 is 5.94. The molecule has 0 radical (unpaired) electrons. The SMILES string of the molecule is O=C(O)c1cc(Cl)cc(CCS(=O)(=O)c2ncccc2N2C(=O)c3ccccc3C2=O)c1. The lowest BCUT2D eigenvalue weighted by molar-refractivity contribution is 0.0696. The molecule has 32 heavy (non-hydrogen) atoms. The van der Waals surface area contributed by atoms with Gasteiger partial charge in [0.1, 0.15) is 0 Å². The fourth-order valence-electron chi connectivity index (χ4n) is 3.47. The van der Waals surface area contributed by atoms with Crippen molar-refractivity contribution in [3.05, 3.63) is 88.1 Å². The van der Waals surface area contributed by atoms with Gasteiger partial charge in [0.15, 0.2) is 14.9 Å². The molecule has 0 fully saturated rings. The number of fused-ring (bicyclic) bond motifs is 1. The molecule has 0 unspecified atom stereocenters. The minimum Gasteiger partial charge on any atom is -0.478 e. The average Bonchev–Trinajstić information content (AvgIpc) is 3.02.